The first kappa shape index (κ1) is 25.4. The fourth-order valence-corrected chi connectivity index (χ4v) is 3.65. The van der Waals surface area contributed by atoms with E-state index < -0.39 is 23.9 Å². The van der Waals surface area contributed by atoms with Crippen LogP contribution in [0.3, 0.4) is 0 Å². The van der Waals surface area contributed by atoms with Gasteiger partial charge in [-0.2, -0.15) is 0 Å². The van der Waals surface area contributed by atoms with Crippen molar-refractivity contribution >= 4 is 34.8 Å². The molecule has 1 atom stereocenters. The monoisotopic (exact) mass is 480 g/mol. The molecule has 0 bridgehead atoms. The number of hydrogen-bond donors (Lipinski definition) is 3. The molecule has 0 aliphatic rings. The molecular formula is C25H28N4O6. The number of carbonyl (C=O) groups is 4. The van der Waals surface area contributed by atoms with Crippen molar-refractivity contribution in [3.8, 4) is 0 Å². The van der Waals surface area contributed by atoms with Crippen LogP contribution in [-0.4, -0.2) is 52.1 Å². The maximum Gasteiger partial charge on any atom is 0.325 e. The van der Waals surface area contributed by atoms with E-state index in [9.17, 15) is 19.2 Å². The number of benzene rings is 2. The van der Waals surface area contributed by atoms with Crippen LogP contribution in [0.1, 0.15) is 54.0 Å². The van der Waals surface area contributed by atoms with Crippen molar-refractivity contribution in [2.45, 2.75) is 38.8 Å². The van der Waals surface area contributed by atoms with Gasteiger partial charge < -0.3 is 25.0 Å². The number of nitrogens with one attached hydrogen (secondary N) is 2. The first-order chi connectivity index (χ1) is 16.8. The summed E-state index contributed by atoms with van der Waals surface area (Å²) in [6.45, 7) is 2.14. The van der Waals surface area contributed by atoms with Crippen LogP contribution in [0, 0.1) is 0 Å². The minimum Gasteiger partial charge on any atom is -0.481 e. The lowest BCUT2D eigenvalue weighted by molar-refractivity contribution is -0.139. The van der Waals surface area contributed by atoms with Gasteiger partial charge in [0.15, 0.2) is 0 Å². The highest BCUT2D eigenvalue weighted by atomic mass is 16.5. The molecular weight excluding hydrogens is 452 g/mol. The van der Waals surface area contributed by atoms with Crippen molar-refractivity contribution in [1.29, 1.82) is 0 Å². The fourth-order valence-electron chi connectivity index (χ4n) is 3.65. The Morgan fingerprint density at radius 2 is 1.83 bits per heavy atom. The van der Waals surface area contributed by atoms with Gasteiger partial charge in [-0.3, -0.25) is 19.2 Å². The van der Waals surface area contributed by atoms with Crippen LogP contribution in [0.15, 0.2) is 48.5 Å². The van der Waals surface area contributed by atoms with Crippen LogP contribution in [0.25, 0.3) is 11.0 Å². The minimum absolute atomic E-state index is 0.130. The molecule has 0 saturated carbocycles. The first-order valence-electron chi connectivity index (χ1n) is 11.2. The van der Waals surface area contributed by atoms with Crippen LogP contribution in [0.2, 0.25) is 0 Å². The third kappa shape index (κ3) is 6.66. The van der Waals surface area contributed by atoms with Crippen LogP contribution in [0.4, 0.5) is 0 Å². The number of carboxylic acid groups (broad SMARTS) is 1. The molecule has 0 radical (unpaired) electrons. The lowest BCUT2D eigenvalue weighted by Crippen LogP contribution is -2.30. The van der Waals surface area contributed by atoms with E-state index >= 15 is 0 Å². The van der Waals surface area contributed by atoms with E-state index in [4.69, 9.17) is 10.1 Å². The molecule has 1 unspecified atom stereocenters. The smallest absolute Gasteiger partial charge is 0.325 e. The first-order valence-corrected chi connectivity index (χ1v) is 11.2. The van der Waals surface area contributed by atoms with Crippen LogP contribution in [-0.2, 0) is 25.7 Å². The fraction of sp³-hybridized carbons (Fsp3) is 0.320. The van der Waals surface area contributed by atoms with Crippen LogP contribution < -0.4 is 10.6 Å². The zero-order valence-electron chi connectivity index (χ0n) is 19.6. The number of hydrogen-bond acceptors (Lipinski definition) is 6. The maximum absolute atomic E-state index is 12.5. The molecule has 0 aliphatic carbocycles. The Bertz CT molecular complexity index is 1220. The number of amides is 2. The topological polar surface area (TPSA) is 140 Å². The van der Waals surface area contributed by atoms with E-state index in [-0.39, 0.29) is 25.3 Å². The number of nitrogens with zero attached hydrogens (tertiary/aromatic N) is 2. The number of rotatable bonds is 11. The molecule has 0 spiro atoms. The normalized spacial score (nSPS) is 11.6. The Balaban J connectivity index is 1.96. The minimum atomic E-state index is -1.04. The number of fused-ring (bicyclic) bond motifs is 1. The van der Waals surface area contributed by atoms with E-state index in [1.165, 1.54) is 7.11 Å². The van der Waals surface area contributed by atoms with Gasteiger partial charge in [0.05, 0.1) is 30.6 Å². The number of methoxy groups -OCH3 is 1. The molecule has 3 rings (SSSR count). The number of aromatic nitrogens is 2. The number of ether oxygens (including phenoxy) is 1. The summed E-state index contributed by atoms with van der Waals surface area (Å²) in [5.41, 5.74) is 2.68. The van der Waals surface area contributed by atoms with Crippen molar-refractivity contribution in [2.75, 3.05) is 13.7 Å². The summed E-state index contributed by atoms with van der Waals surface area (Å²) in [4.78, 5) is 51.8. The molecule has 0 aliphatic heterocycles. The zero-order valence-corrected chi connectivity index (χ0v) is 19.6. The number of aliphatic carboxylic acids is 1. The largest absolute Gasteiger partial charge is 0.481 e. The summed E-state index contributed by atoms with van der Waals surface area (Å²) in [6, 6.07) is 14.4. The Kier molecular flexibility index (Phi) is 8.55. The van der Waals surface area contributed by atoms with Gasteiger partial charge in [0.25, 0.3) is 5.91 Å². The van der Waals surface area contributed by atoms with Gasteiger partial charge in [0, 0.05) is 18.5 Å². The van der Waals surface area contributed by atoms with Crippen LogP contribution in [0.5, 0.6) is 0 Å². The predicted molar refractivity (Wildman–Crippen MR) is 128 cm³/mol. The van der Waals surface area contributed by atoms with Crippen molar-refractivity contribution in [1.82, 2.24) is 20.2 Å². The molecule has 3 N–H and O–H groups in total. The van der Waals surface area contributed by atoms with Gasteiger partial charge >= 0.3 is 11.9 Å². The van der Waals surface area contributed by atoms with Crippen LogP contribution >= 0.6 is 0 Å². The average Bonchev–Trinajstić information content (AvgIpc) is 3.22. The Morgan fingerprint density at radius 3 is 2.49 bits per heavy atom. The van der Waals surface area contributed by atoms with E-state index in [1.807, 2.05) is 41.8 Å². The summed E-state index contributed by atoms with van der Waals surface area (Å²) in [5.74, 6) is -1.81. The van der Waals surface area contributed by atoms with Crippen molar-refractivity contribution < 1.29 is 29.0 Å². The highest BCUT2D eigenvalue weighted by Crippen LogP contribution is 2.25. The molecule has 2 amide bonds. The molecule has 10 nitrogen and oxygen atoms in total. The number of carboxylic acids is 1. The molecule has 3 aromatic rings. The van der Waals surface area contributed by atoms with Gasteiger partial charge in [0.2, 0.25) is 5.91 Å². The van der Waals surface area contributed by atoms with Gasteiger partial charge in [-0.15, -0.1) is 0 Å². The van der Waals surface area contributed by atoms with Gasteiger partial charge in [-0.1, -0.05) is 37.3 Å². The quantitative estimate of drug-likeness (QED) is 0.358. The number of imidazole rings is 1. The van der Waals surface area contributed by atoms with Gasteiger partial charge in [-0.05, 0) is 30.2 Å². The second-order valence-electron chi connectivity index (χ2n) is 7.93. The molecule has 1 heterocycles. The SMILES string of the molecule is CCC(NC(=O)CCC(=O)O)c1nc2cc(C(=O)NCC(=O)OC)ccc2n1Cc1ccccc1. The van der Waals surface area contributed by atoms with E-state index in [2.05, 4.69) is 15.4 Å². The Labute approximate surface area is 202 Å². The van der Waals surface area contributed by atoms with Crippen molar-refractivity contribution in [2.24, 2.45) is 0 Å². The molecule has 0 saturated heterocycles. The summed E-state index contributed by atoms with van der Waals surface area (Å²) in [6.07, 6.45) is 0.144. The van der Waals surface area contributed by atoms with Crippen molar-refractivity contribution in [3.05, 3.63) is 65.5 Å². The number of carbonyl (C=O) groups excluding carboxylic acids is 3. The highest BCUT2D eigenvalue weighted by Gasteiger charge is 2.22. The second kappa shape index (κ2) is 11.8. The van der Waals surface area contributed by atoms with E-state index in [1.54, 1.807) is 18.2 Å². The molecule has 10 heteroatoms. The Morgan fingerprint density at radius 1 is 1.09 bits per heavy atom. The highest BCUT2D eigenvalue weighted by molar-refractivity contribution is 5.98. The molecule has 35 heavy (non-hydrogen) atoms. The molecule has 184 valence electrons. The summed E-state index contributed by atoms with van der Waals surface area (Å²) >= 11 is 0. The summed E-state index contributed by atoms with van der Waals surface area (Å²) in [7, 11) is 1.24. The maximum atomic E-state index is 12.5. The zero-order chi connectivity index (χ0) is 25.4. The van der Waals surface area contributed by atoms with E-state index in [0.29, 0.717) is 29.9 Å². The van der Waals surface area contributed by atoms with Gasteiger partial charge in [0.1, 0.15) is 12.4 Å². The Hall–Kier alpha value is -4.21. The average molecular weight is 481 g/mol. The van der Waals surface area contributed by atoms with Gasteiger partial charge in [-0.25, -0.2) is 4.98 Å². The summed E-state index contributed by atoms with van der Waals surface area (Å²) < 4.78 is 6.53. The number of esters is 1. The predicted octanol–water partition coefficient (Wildman–Crippen LogP) is 2.42. The lowest BCUT2D eigenvalue weighted by Gasteiger charge is -2.19. The second-order valence-corrected chi connectivity index (χ2v) is 7.93. The summed E-state index contributed by atoms with van der Waals surface area (Å²) in [5, 5.41) is 14.3. The third-order valence-corrected chi connectivity index (χ3v) is 5.47. The van der Waals surface area contributed by atoms with E-state index in [0.717, 1.165) is 11.1 Å². The molecule has 2 aromatic carbocycles. The third-order valence-electron chi connectivity index (χ3n) is 5.47. The standard InChI is InChI=1S/C25H28N4O6/c1-3-18(27-21(30)11-12-22(31)32)24-28-19-13-17(25(34)26-14-23(33)35-2)9-10-20(19)29(24)15-16-7-5-4-6-8-16/h4-10,13,18H,3,11-12,14-15H2,1-2H3,(H,26,34)(H,27,30)(H,31,32). The molecule has 1 aromatic heterocycles. The van der Waals surface area contributed by atoms with Crippen molar-refractivity contribution in [3.63, 3.8) is 0 Å². The molecule has 0 fully saturated rings. The lowest BCUT2D eigenvalue weighted by atomic mass is 10.1.